The SMILES string of the molecule is CC(C)NC(=O)O[C@@H]1CC[C@H](c2cc(Nc3ccc4c(n3)S(=O)(=O)CC4)n[nH]2)C1. The van der Waals surface area contributed by atoms with E-state index in [1.807, 2.05) is 19.9 Å². The van der Waals surface area contributed by atoms with Crippen LogP contribution in [0.2, 0.25) is 0 Å². The normalized spacial score (nSPS) is 22.4. The van der Waals surface area contributed by atoms with Crippen LogP contribution in [0.5, 0.6) is 0 Å². The number of amides is 1. The van der Waals surface area contributed by atoms with Crippen LogP contribution < -0.4 is 10.6 Å². The number of anilines is 2. The predicted molar refractivity (Wildman–Crippen MR) is 107 cm³/mol. The van der Waals surface area contributed by atoms with Crippen molar-refractivity contribution in [1.82, 2.24) is 20.5 Å². The van der Waals surface area contributed by atoms with Crippen molar-refractivity contribution in [2.75, 3.05) is 11.1 Å². The highest BCUT2D eigenvalue weighted by atomic mass is 32.2. The van der Waals surface area contributed by atoms with E-state index in [4.69, 9.17) is 4.74 Å². The molecule has 2 aromatic heterocycles. The van der Waals surface area contributed by atoms with Gasteiger partial charge in [0, 0.05) is 23.7 Å². The molecule has 1 aliphatic carbocycles. The third-order valence-electron chi connectivity index (χ3n) is 5.23. The molecule has 29 heavy (non-hydrogen) atoms. The molecule has 1 amide bonds. The second kappa shape index (κ2) is 7.66. The van der Waals surface area contributed by atoms with Crippen molar-refractivity contribution < 1.29 is 17.9 Å². The minimum absolute atomic E-state index is 0.0451. The van der Waals surface area contributed by atoms with Crippen LogP contribution >= 0.6 is 0 Å². The van der Waals surface area contributed by atoms with Crippen LogP contribution in [0.3, 0.4) is 0 Å². The number of H-pyrrole nitrogens is 1. The van der Waals surface area contributed by atoms with Gasteiger partial charge >= 0.3 is 6.09 Å². The molecule has 10 heteroatoms. The molecule has 2 aliphatic rings. The summed E-state index contributed by atoms with van der Waals surface area (Å²) in [5.74, 6) is 1.36. The summed E-state index contributed by atoms with van der Waals surface area (Å²) in [7, 11) is -3.28. The van der Waals surface area contributed by atoms with Crippen molar-refractivity contribution in [1.29, 1.82) is 0 Å². The van der Waals surface area contributed by atoms with E-state index in [9.17, 15) is 13.2 Å². The third-order valence-corrected chi connectivity index (χ3v) is 6.92. The molecule has 9 nitrogen and oxygen atoms in total. The number of rotatable bonds is 5. The predicted octanol–water partition coefficient (Wildman–Crippen LogP) is 2.65. The second-order valence-electron chi connectivity index (χ2n) is 7.90. The van der Waals surface area contributed by atoms with Crippen molar-refractivity contribution in [2.24, 2.45) is 0 Å². The Balaban J connectivity index is 1.38. The number of alkyl carbamates (subject to hydrolysis) is 1. The van der Waals surface area contributed by atoms with Gasteiger partial charge in [-0.3, -0.25) is 5.10 Å². The van der Waals surface area contributed by atoms with Crippen molar-refractivity contribution in [2.45, 2.75) is 62.6 Å². The van der Waals surface area contributed by atoms with Gasteiger partial charge in [-0.15, -0.1) is 0 Å². The van der Waals surface area contributed by atoms with Crippen LogP contribution in [-0.4, -0.2) is 47.6 Å². The number of hydrogen-bond donors (Lipinski definition) is 3. The number of pyridine rings is 1. The Bertz CT molecular complexity index is 1020. The molecule has 1 aliphatic heterocycles. The quantitative estimate of drug-likeness (QED) is 0.680. The number of aryl methyl sites for hydroxylation is 1. The van der Waals surface area contributed by atoms with Crippen molar-refractivity contribution in [3.8, 4) is 0 Å². The maximum absolute atomic E-state index is 12.0. The number of sulfone groups is 1. The van der Waals surface area contributed by atoms with Crippen LogP contribution in [0.1, 0.15) is 50.3 Å². The van der Waals surface area contributed by atoms with E-state index in [2.05, 4.69) is 25.8 Å². The van der Waals surface area contributed by atoms with E-state index in [-0.39, 0.29) is 34.9 Å². The first-order chi connectivity index (χ1) is 13.8. The van der Waals surface area contributed by atoms with Crippen molar-refractivity contribution in [3.63, 3.8) is 0 Å². The number of hydrogen-bond acceptors (Lipinski definition) is 7. The molecule has 3 N–H and O–H groups in total. The molecule has 0 aromatic carbocycles. The summed E-state index contributed by atoms with van der Waals surface area (Å²) >= 11 is 0. The van der Waals surface area contributed by atoms with E-state index >= 15 is 0 Å². The van der Waals surface area contributed by atoms with E-state index in [0.717, 1.165) is 30.5 Å². The molecule has 1 fully saturated rings. The van der Waals surface area contributed by atoms with Crippen LogP contribution in [0.15, 0.2) is 23.2 Å². The topological polar surface area (TPSA) is 126 Å². The van der Waals surface area contributed by atoms with E-state index in [1.54, 1.807) is 12.1 Å². The van der Waals surface area contributed by atoms with Crippen LogP contribution in [0, 0.1) is 0 Å². The van der Waals surface area contributed by atoms with Gasteiger partial charge in [-0.1, -0.05) is 6.07 Å². The minimum atomic E-state index is -3.28. The number of aromatic nitrogens is 3. The molecular weight excluding hydrogens is 394 g/mol. The van der Waals surface area contributed by atoms with Gasteiger partial charge in [0.15, 0.2) is 20.7 Å². The highest BCUT2D eigenvalue weighted by Gasteiger charge is 2.30. The molecule has 2 aromatic rings. The van der Waals surface area contributed by atoms with Gasteiger partial charge in [0.25, 0.3) is 0 Å². The zero-order chi connectivity index (χ0) is 20.6. The Labute approximate surface area is 169 Å². The van der Waals surface area contributed by atoms with Gasteiger partial charge < -0.3 is 15.4 Å². The maximum Gasteiger partial charge on any atom is 0.407 e. The van der Waals surface area contributed by atoms with Crippen molar-refractivity contribution in [3.05, 3.63) is 29.5 Å². The molecule has 0 bridgehead atoms. The van der Waals surface area contributed by atoms with Gasteiger partial charge in [0.05, 0.1) is 5.75 Å². The molecule has 0 saturated heterocycles. The highest BCUT2D eigenvalue weighted by Crippen LogP contribution is 2.36. The molecule has 3 heterocycles. The summed E-state index contributed by atoms with van der Waals surface area (Å²) < 4.78 is 29.6. The molecule has 0 unspecified atom stereocenters. The highest BCUT2D eigenvalue weighted by molar-refractivity contribution is 7.91. The molecule has 1 saturated carbocycles. The zero-order valence-corrected chi connectivity index (χ0v) is 17.3. The number of fused-ring (bicyclic) bond motifs is 1. The lowest BCUT2D eigenvalue weighted by Gasteiger charge is -2.14. The molecule has 0 radical (unpaired) electrons. The number of nitrogens with one attached hydrogen (secondary N) is 3. The van der Waals surface area contributed by atoms with Gasteiger partial charge in [0.2, 0.25) is 0 Å². The first-order valence-electron chi connectivity index (χ1n) is 9.82. The number of aromatic amines is 1. The van der Waals surface area contributed by atoms with Gasteiger partial charge in [-0.05, 0) is 51.2 Å². The lowest BCUT2D eigenvalue weighted by molar-refractivity contribution is 0.0981. The molecular formula is C19H25N5O4S. The summed E-state index contributed by atoms with van der Waals surface area (Å²) in [5, 5.41) is 13.3. The monoisotopic (exact) mass is 419 g/mol. The summed E-state index contributed by atoms with van der Waals surface area (Å²) in [6.07, 6.45) is 2.47. The lowest BCUT2D eigenvalue weighted by atomic mass is 10.0. The Hall–Kier alpha value is -2.62. The van der Waals surface area contributed by atoms with Gasteiger partial charge in [0.1, 0.15) is 11.9 Å². The summed E-state index contributed by atoms with van der Waals surface area (Å²) in [4.78, 5) is 16.0. The Morgan fingerprint density at radius 2 is 2.10 bits per heavy atom. The van der Waals surface area contributed by atoms with Crippen LogP contribution in [0.25, 0.3) is 0 Å². The van der Waals surface area contributed by atoms with Gasteiger partial charge in [-0.2, -0.15) is 5.10 Å². The molecule has 0 spiro atoms. The molecule has 4 rings (SSSR count). The molecule has 2 atom stereocenters. The van der Waals surface area contributed by atoms with Gasteiger partial charge in [-0.25, -0.2) is 18.2 Å². The fraction of sp³-hybridized carbons (Fsp3) is 0.526. The number of ether oxygens (including phenoxy) is 1. The van der Waals surface area contributed by atoms with Crippen LogP contribution in [-0.2, 0) is 21.0 Å². The summed E-state index contributed by atoms with van der Waals surface area (Å²) in [6.45, 7) is 3.78. The average molecular weight is 420 g/mol. The first kappa shape index (κ1) is 19.7. The number of carbonyl (C=O) groups is 1. The largest absolute Gasteiger partial charge is 0.446 e. The van der Waals surface area contributed by atoms with E-state index < -0.39 is 9.84 Å². The zero-order valence-electron chi connectivity index (χ0n) is 16.4. The van der Waals surface area contributed by atoms with Crippen LogP contribution in [0.4, 0.5) is 16.4 Å². The Morgan fingerprint density at radius 3 is 2.90 bits per heavy atom. The average Bonchev–Trinajstić information content (AvgIpc) is 3.35. The smallest absolute Gasteiger partial charge is 0.407 e. The minimum Gasteiger partial charge on any atom is -0.446 e. The fourth-order valence-corrected chi connectivity index (χ4v) is 5.32. The maximum atomic E-state index is 12.0. The molecule has 156 valence electrons. The summed E-state index contributed by atoms with van der Waals surface area (Å²) in [5.41, 5.74) is 1.72. The first-order valence-corrected chi connectivity index (χ1v) is 11.5. The third kappa shape index (κ3) is 4.36. The lowest BCUT2D eigenvalue weighted by Crippen LogP contribution is -2.33. The Kier molecular flexibility index (Phi) is 5.20. The second-order valence-corrected chi connectivity index (χ2v) is 9.92. The van der Waals surface area contributed by atoms with E-state index in [0.29, 0.717) is 18.1 Å². The standard InChI is InChI=1S/C19H25N5O4S/c1-11(2)20-19(25)28-14-5-3-13(9-14)15-10-17(24-23-15)21-16-6-4-12-7-8-29(26,27)18(12)22-16/h4,6,10-11,13-14H,3,5,7-9H2,1-2H3,(H,20,25)(H2,21,22,23,24)/t13-,14+/m0/s1. The van der Waals surface area contributed by atoms with E-state index in [1.165, 1.54) is 0 Å². The van der Waals surface area contributed by atoms with Crippen molar-refractivity contribution >= 4 is 27.6 Å². The fourth-order valence-electron chi connectivity index (χ4n) is 3.83. The Morgan fingerprint density at radius 1 is 1.28 bits per heavy atom. The number of carbonyl (C=O) groups excluding carboxylic acids is 1. The number of nitrogens with zero attached hydrogens (tertiary/aromatic N) is 2. The summed E-state index contributed by atoms with van der Waals surface area (Å²) in [6, 6.07) is 5.50.